The Morgan fingerprint density at radius 3 is 1.05 bits per heavy atom. The molecule has 0 bridgehead atoms. The second-order valence-corrected chi connectivity index (χ2v) is 55.1. The zero-order valence-corrected chi connectivity index (χ0v) is 67.4. The van der Waals surface area contributed by atoms with Crippen LogP contribution in [0.1, 0.15) is 78.0 Å². The molecule has 484 valence electrons. The molecule has 0 unspecified atom stereocenters. The Bertz CT molecular complexity index is 4020. The summed E-state index contributed by atoms with van der Waals surface area (Å²) >= 11 is -3.39. The number of halogens is 4. The molecule has 0 amide bonds. The molecule has 12 aromatic rings. The maximum absolute atomic E-state index is 5.15. The fraction of sp³-hybridized carbons (Fsp3) is 0.157. The summed E-state index contributed by atoms with van der Waals surface area (Å²) in [5, 5.41) is 13.7. The molecule has 0 aliphatic heterocycles. The van der Waals surface area contributed by atoms with E-state index in [0.29, 0.717) is 11.6 Å². The van der Waals surface area contributed by atoms with Gasteiger partial charge < -0.3 is 40.8 Å². The Balaban J connectivity index is 0.000000246. The Hall–Kier alpha value is -7.34. The number of aryl methyl sites for hydroxylation is 12. The van der Waals surface area contributed by atoms with E-state index < -0.39 is 15.2 Å². The molecular weight excluding hydrogens is 1590 g/mol. The maximum atomic E-state index is 5.15. The molecule has 0 aliphatic rings. The fourth-order valence-corrected chi connectivity index (χ4v) is 12.9. The predicted octanol–water partition coefficient (Wildman–Crippen LogP) is 26.3. The van der Waals surface area contributed by atoms with Crippen LogP contribution in [-0.2, 0) is 47.5 Å². The average molecular weight is 1680 g/mol. The number of hydrogen-bond donors (Lipinski definition) is 1. The number of para-hydroxylation sites is 3. The molecule has 0 saturated carbocycles. The fourth-order valence-electron chi connectivity index (χ4n) is 12.9. The number of nitrogens with zero attached hydrogens (tertiary/aromatic N) is 6. The number of pyridine rings is 4. The normalized spacial score (nSPS) is 10.7. The van der Waals surface area contributed by atoms with Gasteiger partial charge in [0.25, 0.3) is 0 Å². The third-order valence-electron chi connectivity index (χ3n) is 16.2. The maximum Gasteiger partial charge on any atom is 4.00 e. The Labute approximate surface area is 608 Å². The Kier molecular flexibility index (Phi) is 27.1. The van der Waals surface area contributed by atoms with Crippen LogP contribution in [0, 0.1) is 97.9 Å². The summed E-state index contributed by atoms with van der Waals surface area (Å²) in [6, 6.07) is 75.9. The van der Waals surface area contributed by atoms with Gasteiger partial charge in [0, 0.05) is 34.5 Å². The number of rotatable bonds is 14. The van der Waals surface area contributed by atoms with E-state index >= 15 is 0 Å². The summed E-state index contributed by atoms with van der Waals surface area (Å²) in [5.41, 5.74) is 32.8. The van der Waals surface area contributed by atoms with Crippen LogP contribution < -0.4 is 5.32 Å². The summed E-state index contributed by atoms with van der Waals surface area (Å²) in [7, 11) is 20.2. The minimum absolute atomic E-state index is 0. The quantitative estimate of drug-likeness (QED) is 0.0865. The van der Waals surface area contributed by atoms with Gasteiger partial charge in [-0.2, -0.15) is 0 Å². The van der Waals surface area contributed by atoms with Crippen molar-refractivity contribution in [1.82, 2.24) is 19.9 Å². The smallest absolute Gasteiger partial charge is 4.00 e. The van der Waals surface area contributed by atoms with Gasteiger partial charge in [-0.05, 0) is 214 Å². The van der Waals surface area contributed by atoms with Crippen LogP contribution in [0.5, 0.6) is 0 Å². The van der Waals surface area contributed by atoms with E-state index in [1.165, 1.54) is 89.0 Å². The second-order valence-electron chi connectivity index (χ2n) is 24.0. The van der Waals surface area contributed by atoms with E-state index in [9.17, 15) is 0 Å². The molecule has 7 nitrogen and oxygen atoms in total. The first kappa shape index (κ1) is 76.0. The van der Waals surface area contributed by atoms with Crippen LogP contribution in [0.3, 0.4) is 0 Å². The van der Waals surface area contributed by atoms with Crippen molar-refractivity contribution >= 4 is 68.8 Å². The Morgan fingerprint density at radius 2 is 0.646 bits per heavy atom. The molecule has 0 fully saturated rings. The van der Waals surface area contributed by atoms with Crippen molar-refractivity contribution in [2.24, 2.45) is 0 Å². The molecule has 1 N–H and O–H groups in total. The van der Waals surface area contributed by atoms with Crippen LogP contribution in [0.15, 0.2) is 218 Å². The zero-order valence-electron chi connectivity index (χ0n) is 57.2. The van der Waals surface area contributed by atoms with E-state index in [1.54, 1.807) is 0 Å². The third kappa shape index (κ3) is 19.5. The first-order chi connectivity index (χ1) is 44.5. The van der Waals surface area contributed by atoms with Crippen LogP contribution in [0.2, 0.25) is 0 Å². The van der Waals surface area contributed by atoms with Crippen molar-refractivity contribution in [3.05, 3.63) is 322 Å². The van der Waals surface area contributed by atoms with Gasteiger partial charge in [-0.25, -0.2) is 4.98 Å². The molecule has 0 aliphatic carbocycles. The molecule has 0 spiro atoms. The van der Waals surface area contributed by atoms with Gasteiger partial charge >= 0.3 is 75.4 Å². The van der Waals surface area contributed by atoms with E-state index in [1.807, 2.05) is 66.7 Å². The predicted molar refractivity (Wildman–Crippen MR) is 407 cm³/mol. The van der Waals surface area contributed by atoms with E-state index in [4.69, 9.17) is 64.9 Å². The van der Waals surface area contributed by atoms with E-state index in [-0.39, 0.29) is 40.7 Å². The van der Waals surface area contributed by atoms with Crippen LogP contribution in [0.25, 0.3) is 77.9 Å². The molecule has 4 aromatic heterocycles. The molecule has 0 atom stereocenters. The number of anilines is 2. The minimum atomic E-state index is -3.39. The van der Waals surface area contributed by atoms with Gasteiger partial charge in [-0.1, -0.05) is 222 Å². The number of hydrogen-bond acceptors (Lipinski definition) is 5. The van der Waals surface area contributed by atoms with Gasteiger partial charge in [-0.3, -0.25) is 4.98 Å². The average Bonchev–Trinajstić information content (AvgIpc) is 0.825. The third-order valence-corrected chi connectivity index (χ3v) is 16.2. The molecule has 0 saturated heterocycles. The molecular formula is C83H81Cl4Hf2N7. The zero-order chi connectivity index (χ0) is 66.1. The summed E-state index contributed by atoms with van der Waals surface area (Å²) in [5.74, 6) is 2.16. The summed E-state index contributed by atoms with van der Waals surface area (Å²) in [6.07, 6.45) is 0.738. The van der Waals surface area contributed by atoms with Crippen molar-refractivity contribution in [1.29, 1.82) is 0 Å². The van der Waals surface area contributed by atoms with Gasteiger partial charge in [0.05, 0.1) is 11.4 Å². The summed E-state index contributed by atoms with van der Waals surface area (Å²) in [4.78, 5) is 20.1. The van der Waals surface area contributed by atoms with Gasteiger partial charge in [0.1, 0.15) is 5.82 Å². The molecule has 8 aromatic carbocycles. The minimum Gasteiger partial charge on any atom is 4.00 e. The topological polar surface area (TPSA) is 91.8 Å². The van der Waals surface area contributed by atoms with Crippen LogP contribution in [-0.4, -0.2) is 19.9 Å². The Morgan fingerprint density at radius 1 is 0.333 bits per heavy atom. The van der Waals surface area contributed by atoms with Crippen LogP contribution in [0.4, 0.5) is 34.5 Å². The van der Waals surface area contributed by atoms with Gasteiger partial charge in [0.15, 0.2) is 0 Å². The van der Waals surface area contributed by atoms with Crippen molar-refractivity contribution < 1.29 is 41.1 Å². The second kappa shape index (κ2) is 34.2. The number of aromatic nitrogens is 4. The first-order valence-corrected chi connectivity index (χ1v) is 48.9. The van der Waals surface area contributed by atoms with E-state index in [2.05, 4.69) is 240 Å². The first-order valence-electron chi connectivity index (χ1n) is 31.1. The van der Waals surface area contributed by atoms with Gasteiger partial charge in [-0.15, -0.1) is 0 Å². The number of benzene rings is 8. The summed E-state index contributed by atoms with van der Waals surface area (Å²) < 4.78 is 0. The summed E-state index contributed by atoms with van der Waals surface area (Å²) in [6.45, 7) is 25.8. The SMILES string of the molecule is Cc1cc(C)c(-c2cccc(Cc3ccccc3-c3ccccc3Nc3cccc(-c4c(C)cc(C)cc4C)n3)n2)c(C)c1.Cc1cc(C)c(-c2cccc([N-]c3ccccc3-c3ccccc3[N-]c3cccc(-c4c(C)cc(C)cc4C)n3)n2)c(C)c1.[CH3-].[CH3-].[Cl][Hf]([Cl])([Cl])[Cl].[Hf+4]. The van der Waals surface area contributed by atoms with Crippen molar-refractivity contribution in [3.63, 3.8) is 0 Å². The molecule has 0 radical (unpaired) electrons. The molecule has 12 rings (SSSR count). The van der Waals surface area contributed by atoms with E-state index in [0.717, 1.165) is 85.6 Å². The van der Waals surface area contributed by atoms with Crippen molar-refractivity contribution in [3.8, 4) is 67.3 Å². The standard InChI is InChI=1S/C41H39N3.C40H36N4.2CH3.4ClH.2Hf/c1-26-21-28(3)40(29(4)22-26)37-18-11-14-33(42-37)25-32-13-7-8-15-34(32)35-16-9-10-17-36(35)43-39-20-12-19-38(44-39)41-30(5)23-27(2)24-31(41)6;1-25-21-27(3)39(28(4)22-25)35-17-11-19-37(43-35)41-33-15-9-7-13-31(33)32-14-8-10-16-34(32)42-38-20-12-18-36(44-38)40-29(5)23-26(2)24-30(40)6;;;;;;;;/h7-24H,25H2,1-6H3,(H,43,44);7-24H,1-6H3;2*1H3;4*1H;;/q;-2;2*-1;;;;;2*+4/p-4. The molecule has 96 heavy (non-hydrogen) atoms. The molecule has 4 heterocycles. The van der Waals surface area contributed by atoms with Crippen molar-refractivity contribution in [2.45, 2.75) is 89.5 Å². The van der Waals surface area contributed by atoms with Crippen molar-refractivity contribution in [2.75, 3.05) is 5.32 Å². The van der Waals surface area contributed by atoms with Crippen LogP contribution >= 0.6 is 34.3 Å². The monoisotopic (exact) mass is 1680 g/mol. The number of nitrogens with one attached hydrogen (secondary N) is 1. The molecule has 13 heteroatoms. The largest absolute Gasteiger partial charge is 4.00 e. The van der Waals surface area contributed by atoms with Gasteiger partial charge in [0.2, 0.25) is 0 Å².